The van der Waals surface area contributed by atoms with Gasteiger partial charge in [0.2, 0.25) is 0 Å². The molecule has 2 aliphatic heterocycles. The van der Waals surface area contributed by atoms with Crippen molar-refractivity contribution in [3.8, 4) is 0 Å². The van der Waals surface area contributed by atoms with E-state index in [9.17, 15) is 26.4 Å². The van der Waals surface area contributed by atoms with Gasteiger partial charge < -0.3 is 31.6 Å². The number of amides is 2. The number of carbonyl (C=O) groups excluding carboxylic acids is 2. The number of hydrogen-bond donors (Lipinski definition) is 4. The molecule has 0 spiro atoms. The Bertz CT molecular complexity index is 817. The van der Waals surface area contributed by atoms with E-state index in [2.05, 4.69) is 10.6 Å². The van der Waals surface area contributed by atoms with E-state index in [1.165, 1.54) is 0 Å². The predicted octanol–water partition coefficient (Wildman–Crippen LogP) is -0.729. The zero-order valence-corrected chi connectivity index (χ0v) is 21.0. The molecule has 12 nitrogen and oxygen atoms in total. The third-order valence-corrected chi connectivity index (χ3v) is 7.72. The third-order valence-electron chi connectivity index (χ3n) is 4.20. The molecule has 0 unspecified atom stereocenters. The molecule has 2 heterocycles. The smallest absolute Gasteiger partial charge is 0.407 e. The number of hydrogen-bond acceptors (Lipinski definition) is 10. The van der Waals surface area contributed by atoms with Crippen molar-refractivity contribution in [1.82, 2.24) is 10.6 Å². The Labute approximate surface area is 190 Å². The molecule has 0 bridgehead atoms. The van der Waals surface area contributed by atoms with Gasteiger partial charge in [0.15, 0.2) is 19.7 Å². The van der Waals surface area contributed by atoms with Crippen LogP contribution in [0.25, 0.3) is 0 Å². The molecule has 0 aromatic rings. The largest absolute Gasteiger partial charge is 0.444 e. The minimum Gasteiger partial charge on any atom is -0.444 e. The maximum atomic E-state index is 11.4. The van der Waals surface area contributed by atoms with Crippen LogP contribution in [0.4, 0.5) is 9.59 Å². The molecule has 2 rings (SSSR count). The number of nitrogens with two attached hydrogens (primary N) is 2. The molecule has 2 fully saturated rings. The van der Waals surface area contributed by atoms with E-state index >= 15 is 0 Å². The second-order valence-corrected chi connectivity index (χ2v) is 14.3. The number of carbonyl (C=O) groups is 2. The van der Waals surface area contributed by atoms with Crippen LogP contribution < -0.4 is 22.1 Å². The molecular weight excluding hydrogens is 464 g/mol. The van der Waals surface area contributed by atoms with E-state index < -0.39 is 67.2 Å². The van der Waals surface area contributed by atoms with Crippen molar-refractivity contribution < 1.29 is 35.9 Å². The van der Waals surface area contributed by atoms with Gasteiger partial charge in [-0.2, -0.15) is 0 Å². The molecule has 14 heteroatoms. The summed E-state index contributed by atoms with van der Waals surface area (Å²) in [4.78, 5) is 22.8. The lowest BCUT2D eigenvalue weighted by atomic mass is 10.2. The fourth-order valence-electron chi connectivity index (χ4n) is 2.96. The summed E-state index contributed by atoms with van der Waals surface area (Å²) in [5.41, 5.74) is 10.0. The van der Waals surface area contributed by atoms with E-state index in [-0.39, 0.29) is 23.0 Å². The highest BCUT2D eigenvalue weighted by Gasteiger charge is 2.38. The quantitative estimate of drug-likeness (QED) is 0.375. The summed E-state index contributed by atoms with van der Waals surface area (Å²) in [6.07, 6.45) is -1.27. The molecule has 32 heavy (non-hydrogen) atoms. The van der Waals surface area contributed by atoms with E-state index in [1.807, 2.05) is 0 Å². The number of ether oxygens (including phenoxy) is 2. The average molecular weight is 501 g/mol. The first kappa shape index (κ1) is 28.4. The van der Waals surface area contributed by atoms with Crippen molar-refractivity contribution in [2.75, 3.05) is 23.0 Å². The Morgan fingerprint density at radius 2 is 0.969 bits per heavy atom. The van der Waals surface area contributed by atoms with Crippen LogP contribution in [0.3, 0.4) is 0 Å². The summed E-state index contributed by atoms with van der Waals surface area (Å²) in [6.45, 7) is 10.4. The molecule has 2 amide bonds. The Balaban J connectivity index is 0.000000320. The lowest BCUT2D eigenvalue weighted by molar-refractivity contribution is 0.0494. The van der Waals surface area contributed by atoms with Crippen LogP contribution >= 0.6 is 0 Å². The van der Waals surface area contributed by atoms with E-state index in [4.69, 9.17) is 20.9 Å². The standard InChI is InChI=1S/2C9H18N2O4S/c2*1-9(2,3)15-8(12)11-7-5-16(13,14)4-6(7)10/h2*6-7H,4-5,10H2,1-3H3,(H,11,12)/t2*6-,7-/m10/s1. The van der Waals surface area contributed by atoms with Crippen LogP contribution in [-0.2, 0) is 29.1 Å². The molecule has 0 aliphatic carbocycles. The first-order chi connectivity index (χ1) is 14.2. The van der Waals surface area contributed by atoms with Crippen LogP contribution in [0.5, 0.6) is 0 Å². The highest BCUT2D eigenvalue weighted by Crippen LogP contribution is 2.14. The summed E-state index contributed by atoms with van der Waals surface area (Å²) >= 11 is 0. The fourth-order valence-corrected chi connectivity index (χ4v) is 6.63. The minimum atomic E-state index is -3.13. The van der Waals surface area contributed by atoms with Gasteiger partial charge in [0.05, 0.1) is 35.1 Å². The summed E-state index contributed by atoms with van der Waals surface area (Å²) in [6, 6.07) is -2.23. The molecular formula is C18H36N4O8S2. The molecule has 0 saturated carbocycles. The zero-order valence-electron chi connectivity index (χ0n) is 19.4. The van der Waals surface area contributed by atoms with Gasteiger partial charge in [-0.1, -0.05) is 0 Å². The van der Waals surface area contributed by atoms with Crippen molar-refractivity contribution in [3.05, 3.63) is 0 Å². The summed E-state index contributed by atoms with van der Waals surface area (Å²) in [5.74, 6) is -0.415. The Hall–Kier alpha value is -1.64. The molecule has 2 aliphatic rings. The van der Waals surface area contributed by atoms with Crippen molar-refractivity contribution in [2.45, 2.75) is 76.9 Å². The van der Waals surface area contributed by atoms with E-state index in [1.54, 1.807) is 41.5 Å². The first-order valence-corrected chi connectivity index (χ1v) is 13.7. The van der Waals surface area contributed by atoms with Crippen molar-refractivity contribution >= 4 is 31.9 Å². The zero-order chi connectivity index (χ0) is 25.1. The number of sulfone groups is 2. The van der Waals surface area contributed by atoms with Gasteiger partial charge in [-0.05, 0) is 41.5 Å². The molecule has 0 aromatic carbocycles. The van der Waals surface area contributed by atoms with Gasteiger partial charge in [-0.25, -0.2) is 26.4 Å². The summed E-state index contributed by atoms with van der Waals surface area (Å²) < 4.78 is 55.0. The predicted molar refractivity (Wildman–Crippen MR) is 120 cm³/mol. The summed E-state index contributed by atoms with van der Waals surface area (Å²) in [5, 5.41) is 4.95. The molecule has 188 valence electrons. The third kappa shape index (κ3) is 10.8. The van der Waals surface area contributed by atoms with Crippen molar-refractivity contribution in [3.63, 3.8) is 0 Å². The van der Waals surface area contributed by atoms with Gasteiger partial charge >= 0.3 is 12.2 Å². The minimum absolute atomic E-state index is 0.0898. The van der Waals surface area contributed by atoms with Crippen LogP contribution in [0.2, 0.25) is 0 Å². The Morgan fingerprint density at radius 3 is 1.16 bits per heavy atom. The number of rotatable bonds is 2. The Morgan fingerprint density at radius 1 is 0.688 bits per heavy atom. The fraction of sp³-hybridized carbons (Fsp3) is 0.889. The summed E-state index contributed by atoms with van der Waals surface area (Å²) in [7, 11) is -6.26. The number of alkyl carbamates (subject to hydrolysis) is 2. The van der Waals surface area contributed by atoms with Crippen LogP contribution in [-0.4, -0.2) is 87.4 Å². The van der Waals surface area contributed by atoms with Gasteiger partial charge in [0.1, 0.15) is 11.2 Å². The van der Waals surface area contributed by atoms with Gasteiger partial charge in [0, 0.05) is 12.1 Å². The van der Waals surface area contributed by atoms with E-state index in [0.717, 1.165) is 0 Å². The van der Waals surface area contributed by atoms with Gasteiger partial charge in [-0.15, -0.1) is 0 Å². The first-order valence-electron chi connectivity index (χ1n) is 10.1. The van der Waals surface area contributed by atoms with Gasteiger partial charge in [0.25, 0.3) is 0 Å². The van der Waals surface area contributed by atoms with Crippen molar-refractivity contribution in [1.29, 1.82) is 0 Å². The monoisotopic (exact) mass is 500 g/mol. The normalized spacial score (nSPS) is 28.8. The maximum Gasteiger partial charge on any atom is 0.407 e. The number of nitrogens with one attached hydrogen (secondary N) is 2. The molecule has 4 atom stereocenters. The second-order valence-electron chi connectivity index (χ2n) is 9.99. The molecule has 0 radical (unpaired) electrons. The van der Waals surface area contributed by atoms with Gasteiger partial charge in [-0.3, -0.25) is 0 Å². The molecule has 6 N–H and O–H groups in total. The topological polar surface area (TPSA) is 197 Å². The lowest BCUT2D eigenvalue weighted by Gasteiger charge is -2.22. The van der Waals surface area contributed by atoms with Crippen LogP contribution in [0.1, 0.15) is 41.5 Å². The van der Waals surface area contributed by atoms with E-state index in [0.29, 0.717) is 0 Å². The van der Waals surface area contributed by atoms with Crippen molar-refractivity contribution in [2.24, 2.45) is 11.5 Å². The molecule has 2 saturated heterocycles. The highest BCUT2D eigenvalue weighted by atomic mass is 32.2. The lowest BCUT2D eigenvalue weighted by Crippen LogP contribution is -2.48. The maximum absolute atomic E-state index is 11.4. The Kier molecular flexibility index (Phi) is 8.96. The second kappa shape index (κ2) is 10.1. The average Bonchev–Trinajstić information content (AvgIpc) is 2.88. The van der Waals surface area contributed by atoms with Crippen LogP contribution in [0, 0.1) is 0 Å². The molecule has 0 aromatic heterocycles. The van der Waals surface area contributed by atoms with Crippen LogP contribution in [0.15, 0.2) is 0 Å². The SMILES string of the molecule is CC(C)(C)OC(=O)N[C@@H]1CS(=O)(=O)C[C@H]1N.CC(C)(C)OC(=O)N[C@H]1CS(=O)(=O)C[C@@H]1N. The highest BCUT2D eigenvalue weighted by molar-refractivity contribution is 7.92.